The zero-order valence-electron chi connectivity index (χ0n) is 9.12. The molecule has 1 heterocycles. The molecule has 0 N–H and O–H groups in total. The summed E-state index contributed by atoms with van der Waals surface area (Å²) in [6, 6.07) is 0.437. The highest BCUT2D eigenvalue weighted by molar-refractivity contribution is 4.85. The van der Waals surface area contributed by atoms with Gasteiger partial charge in [-0.2, -0.15) is 0 Å². The van der Waals surface area contributed by atoms with Gasteiger partial charge in [0.1, 0.15) is 0 Å². The van der Waals surface area contributed by atoms with E-state index in [2.05, 4.69) is 25.8 Å². The van der Waals surface area contributed by atoms with Crippen LogP contribution in [0.2, 0.25) is 0 Å². The second kappa shape index (κ2) is 4.94. The lowest BCUT2D eigenvalue weighted by atomic mass is 10.2. The molecule has 0 spiro atoms. The summed E-state index contributed by atoms with van der Waals surface area (Å²) in [6.07, 6.45) is 1.79. The van der Waals surface area contributed by atoms with Crippen molar-refractivity contribution in [1.29, 1.82) is 0 Å². The Morgan fingerprint density at radius 2 is 2.15 bits per heavy atom. The average Bonchev–Trinajstić information content (AvgIpc) is 2.43. The van der Waals surface area contributed by atoms with Crippen molar-refractivity contribution in [3.63, 3.8) is 0 Å². The Labute approximate surface area is 81.0 Å². The molecule has 3 heteroatoms. The fraction of sp³-hybridized carbons (Fsp3) is 1.00. The van der Waals surface area contributed by atoms with Crippen LogP contribution >= 0.6 is 0 Å². The molecule has 3 nitrogen and oxygen atoms in total. The number of likely N-dealkylation sites (N-methyl/N-ethyl adjacent to an activating group) is 1. The number of ether oxygens (including phenoxy) is 2. The van der Waals surface area contributed by atoms with Crippen molar-refractivity contribution in [3.05, 3.63) is 0 Å². The van der Waals surface area contributed by atoms with Crippen LogP contribution in [0.1, 0.15) is 20.3 Å². The molecule has 1 aliphatic heterocycles. The predicted octanol–water partition coefficient (Wildman–Crippen LogP) is 1.13. The van der Waals surface area contributed by atoms with Gasteiger partial charge in [0.05, 0.1) is 24.9 Å². The Hall–Kier alpha value is -0.120. The zero-order chi connectivity index (χ0) is 9.84. The number of methoxy groups -OCH3 is 1. The molecule has 1 saturated heterocycles. The Morgan fingerprint density at radius 1 is 1.46 bits per heavy atom. The van der Waals surface area contributed by atoms with Gasteiger partial charge in [0.2, 0.25) is 0 Å². The molecule has 0 aromatic rings. The smallest absolute Gasteiger partial charge is 0.0761 e. The summed E-state index contributed by atoms with van der Waals surface area (Å²) in [5, 5.41) is 0. The van der Waals surface area contributed by atoms with Gasteiger partial charge < -0.3 is 9.47 Å². The Morgan fingerprint density at radius 3 is 2.69 bits per heavy atom. The van der Waals surface area contributed by atoms with E-state index in [1.807, 2.05) is 0 Å². The lowest BCUT2D eigenvalue weighted by Gasteiger charge is -2.24. The molecule has 1 aliphatic rings. The van der Waals surface area contributed by atoms with Gasteiger partial charge in [-0.25, -0.2) is 0 Å². The van der Waals surface area contributed by atoms with Gasteiger partial charge >= 0.3 is 0 Å². The quantitative estimate of drug-likeness (QED) is 0.658. The molecule has 0 amide bonds. The molecule has 0 radical (unpaired) electrons. The van der Waals surface area contributed by atoms with Crippen LogP contribution < -0.4 is 0 Å². The first kappa shape index (κ1) is 11.0. The summed E-state index contributed by atoms with van der Waals surface area (Å²) >= 11 is 0. The fourth-order valence-corrected chi connectivity index (χ4v) is 1.77. The van der Waals surface area contributed by atoms with Gasteiger partial charge in [0, 0.05) is 13.7 Å². The number of rotatable bonds is 4. The predicted molar refractivity (Wildman–Crippen MR) is 52.9 cm³/mol. The van der Waals surface area contributed by atoms with E-state index in [0.29, 0.717) is 18.2 Å². The van der Waals surface area contributed by atoms with Crippen LogP contribution in [-0.4, -0.2) is 50.5 Å². The highest BCUT2D eigenvalue weighted by Gasteiger charge is 2.31. The van der Waals surface area contributed by atoms with E-state index in [1.165, 1.54) is 0 Å². The van der Waals surface area contributed by atoms with Crippen molar-refractivity contribution in [3.8, 4) is 0 Å². The molecule has 13 heavy (non-hydrogen) atoms. The van der Waals surface area contributed by atoms with E-state index in [0.717, 1.165) is 19.6 Å². The molecular formula is C10H21NO2. The number of likely N-dealkylation sites (tertiary alicyclic amines) is 1. The minimum Gasteiger partial charge on any atom is -0.380 e. The fourth-order valence-electron chi connectivity index (χ4n) is 1.77. The van der Waals surface area contributed by atoms with Crippen molar-refractivity contribution in [2.45, 2.75) is 38.5 Å². The van der Waals surface area contributed by atoms with Crippen LogP contribution in [0, 0.1) is 0 Å². The van der Waals surface area contributed by atoms with E-state index in [-0.39, 0.29) is 0 Å². The zero-order valence-corrected chi connectivity index (χ0v) is 9.12. The third-order valence-electron chi connectivity index (χ3n) is 2.66. The first-order chi connectivity index (χ1) is 6.15. The maximum Gasteiger partial charge on any atom is 0.0761 e. The van der Waals surface area contributed by atoms with E-state index in [4.69, 9.17) is 9.47 Å². The second-order valence-corrected chi connectivity index (χ2v) is 3.99. The van der Waals surface area contributed by atoms with Gasteiger partial charge in [0.25, 0.3) is 0 Å². The summed E-state index contributed by atoms with van der Waals surface area (Å²) < 4.78 is 11.0. The van der Waals surface area contributed by atoms with Crippen molar-refractivity contribution < 1.29 is 9.47 Å². The first-order valence-electron chi connectivity index (χ1n) is 4.99. The highest BCUT2D eigenvalue weighted by atomic mass is 16.5. The summed E-state index contributed by atoms with van der Waals surface area (Å²) in [6.45, 7) is 6.03. The molecule has 0 aromatic carbocycles. The molecule has 0 saturated carbocycles. The average molecular weight is 187 g/mol. The van der Waals surface area contributed by atoms with Crippen LogP contribution in [0.15, 0.2) is 0 Å². The topological polar surface area (TPSA) is 21.7 Å². The summed E-state index contributed by atoms with van der Waals surface area (Å²) in [5.74, 6) is 0. The van der Waals surface area contributed by atoms with Gasteiger partial charge in [0.15, 0.2) is 0 Å². The third-order valence-corrected chi connectivity index (χ3v) is 2.66. The Kier molecular flexibility index (Phi) is 4.16. The SMILES string of the molecule is COC1CCN(C)C1COC(C)C. The van der Waals surface area contributed by atoms with Crippen molar-refractivity contribution in [2.75, 3.05) is 27.3 Å². The van der Waals surface area contributed by atoms with Crippen LogP contribution in [0.3, 0.4) is 0 Å². The molecule has 2 unspecified atom stereocenters. The first-order valence-corrected chi connectivity index (χ1v) is 4.99. The molecule has 2 atom stereocenters. The van der Waals surface area contributed by atoms with Crippen molar-refractivity contribution in [2.24, 2.45) is 0 Å². The van der Waals surface area contributed by atoms with Gasteiger partial charge in [-0.05, 0) is 27.3 Å². The summed E-state index contributed by atoms with van der Waals surface area (Å²) in [5.41, 5.74) is 0. The monoisotopic (exact) mass is 187 g/mol. The largest absolute Gasteiger partial charge is 0.380 e. The van der Waals surface area contributed by atoms with E-state index < -0.39 is 0 Å². The molecule has 0 bridgehead atoms. The van der Waals surface area contributed by atoms with Gasteiger partial charge in [-0.15, -0.1) is 0 Å². The van der Waals surface area contributed by atoms with Crippen LogP contribution in [0.4, 0.5) is 0 Å². The van der Waals surface area contributed by atoms with Crippen molar-refractivity contribution in [1.82, 2.24) is 4.90 Å². The lowest BCUT2D eigenvalue weighted by molar-refractivity contribution is -0.00461. The van der Waals surface area contributed by atoms with Crippen LogP contribution in [0.5, 0.6) is 0 Å². The molecule has 78 valence electrons. The number of hydrogen-bond donors (Lipinski definition) is 0. The number of hydrogen-bond acceptors (Lipinski definition) is 3. The van der Waals surface area contributed by atoms with E-state index in [9.17, 15) is 0 Å². The minimum atomic E-state index is 0.312. The third kappa shape index (κ3) is 2.93. The summed E-state index contributed by atoms with van der Waals surface area (Å²) in [4.78, 5) is 2.32. The van der Waals surface area contributed by atoms with Gasteiger partial charge in [-0.3, -0.25) is 4.90 Å². The maximum atomic E-state index is 5.61. The lowest BCUT2D eigenvalue weighted by Crippen LogP contribution is -2.38. The standard InChI is InChI=1S/C10H21NO2/c1-8(2)13-7-9-10(12-4)5-6-11(9)3/h8-10H,5-7H2,1-4H3. The molecule has 1 fully saturated rings. The molecular weight excluding hydrogens is 166 g/mol. The Bertz CT molecular complexity index is 150. The molecule has 0 aromatic heterocycles. The Balaban J connectivity index is 2.35. The summed E-state index contributed by atoms with van der Waals surface area (Å²) in [7, 11) is 3.92. The van der Waals surface area contributed by atoms with Crippen LogP contribution in [0.25, 0.3) is 0 Å². The van der Waals surface area contributed by atoms with Gasteiger partial charge in [-0.1, -0.05) is 0 Å². The maximum absolute atomic E-state index is 5.61. The molecule has 0 aliphatic carbocycles. The second-order valence-electron chi connectivity index (χ2n) is 3.99. The minimum absolute atomic E-state index is 0.312. The normalized spacial score (nSPS) is 30.2. The van der Waals surface area contributed by atoms with E-state index in [1.54, 1.807) is 7.11 Å². The number of nitrogens with zero attached hydrogens (tertiary/aromatic N) is 1. The van der Waals surface area contributed by atoms with Crippen LogP contribution in [-0.2, 0) is 9.47 Å². The van der Waals surface area contributed by atoms with Crippen molar-refractivity contribution >= 4 is 0 Å². The molecule has 1 rings (SSSR count). The van der Waals surface area contributed by atoms with E-state index >= 15 is 0 Å². The highest BCUT2D eigenvalue weighted by Crippen LogP contribution is 2.19.